The predicted octanol–water partition coefficient (Wildman–Crippen LogP) is 2.41. The molecule has 0 aliphatic rings. The minimum atomic E-state index is -0.397. The largest absolute Gasteiger partial charge is 0.503 e. The van der Waals surface area contributed by atoms with Crippen molar-refractivity contribution in [3.63, 3.8) is 0 Å². The van der Waals surface area contributed by atoms with E-state index >= 15 is 0 Å². The summed E-state index contributed by atoms with van der Waals surface area (Å²) in [5.74, 6) is 0.495. The molecule has 0 aliphatic carbocycles. The van der Waals surface area contributed by atoms with Gasteiger partial charge in [0.05, 0.1) is 20.2 Å². The highest BCUT2D eigenvalue weighted by molar-refractivity contribution is 5.29. The molecule has 126 valence electrons. The topological polar surface area (TPSA) is 63.5 Å². The maximum absolute atomic E-state index is 12.3. The summed E-state index contributed by atoms with van der Waals surface area (Å²) in [5.41, 5.74) is 1.16. The van der Waals surface area contributed by atoms with Crippen molar-refractivity contribution in [1.29, 1.82) is 0 Å². The number of ether oxygens (including phenoxy) is 1. The quantitative estimate of drug-likeness (QED) is 0.578. The summed E-state index contributed by atoms with van der Waals surface area (Å²) in [6.45, 7) is 4.89. The lowest BCUT2D eigenvalue weighted by molar-refractivity contribution is 0.279. The molecular weight excluding hydrogens is 304 g/mol. The number of nitrogens with one attached hydrogen (secondary N) is 1. The number of pyridine rings is 1. The van der Waals surface area contributed by atoms with E-state index < -0.39 is 5.56 Å². The second-order valence-corrected chi connectivity index (χ2v) is 5.28. The van der Waals surface area contributed by atoms with Gasteiger partial charge in [-0.2, -0.15) is 0 Å². The molecule has 0 bridgehead atoms. The van der Waals surface area contributed by atoms with Crippen molar-refractivity contribution in [2.24, 2.45) is 0 Å². The van der Waals surface area contributed by atoms with Crippen LogP contribution in [0.1, 0.15) is 11.1 Å². The fourth-order valence-corrected chi connectivity index (χ4v) is 2.30. The standard InChI is InChI=1S/C19H22N2O3/c1-3-7-17(24-2)13-20-12-16-10-11-21(19(23)18(16)22)14-15-8-5-4-6-9-15/h3-11,20,22H,1,12-14H2,2H3. The first kappa shape index (κ1) is 17.6. The zero-order valence-corrected chi connectivity index (χ0v) is 13.7. The Balaban J connectivity index is 2.06. The second kappa shape index (κ2) is 8.74. The Morgan fingerprint density at radius 3 is 2.75 bits per heavy atom. The lowest BCUT2D eigenvalue weighted by Crippen LogP contribution is -2.23. The Bertz CT molecular complexity index is 764. The van der Waals surface area contributed by atoms with Crippen LogP contribution in [0, 0.1) is 0 Å². The van der Waals surface area contributed by atoms with Gasteiger partial charge in [-0.05, 0) is 17.7 Å². The fraction of sp³-hybridized carbons (Fsp3) is 0.211. The number of allylic oxidation sites excluding steroid dienone is 2. The number of hydrogen-bond donors (Lipinski definition) is 2. The van der Waals surface area contributed by atoms with Crippen molar-refractivity contribution < 1.29 is 9.84 Å². The van der Waals surface area contributed by atoms with E-state index in [1.807, 2.05) is 30.3 Å². The van der Waals surface area contributed by atoms with E-state index in [1.54, 1.807) is 31.5 Å². The summed E-state index contributed by atoms with van der Waals surface area (Å²) in [5, 5.41) is 13.3. The zero-order valence-electron chi connectivity index (χ0n) is 13.7. The first-order valence-corrected chi connectivity index (χ1v) is 7.67. The van der Waals surface area contributed by atoms with Crippen molar-refractivity contribution in [3.8, 4) is 5.75 Å². The number of benzene rings is 1. The molecule has 2 N–H and O–H groups in total. The number of aromatic nitrogens is 1. The van der Waals surface area contributed by atoms with E-state index in [-0.39, 0.29) is 5.75 Å². The predicted molar refractivity (Wildman–Crippen MR) is 94.9 cm³/mol. The third kappa shape index (κ3) is 4.60. The molecule has 0 amide bonds. The van der Waals surface area contributed by atoms with Crippen LogP contribution >= 0.6 is 0 Å². The molecule has 5 nitrogen and oxygen atoms in total. The summed E-state index contributed by atoms with van der Waals surface area (Å²) in [6.07, 6.45) is 5.09. The Morgan fingerprint density at radius 1 is 1.33 bits per heavy atom. The smallest absolute Gasteiger partial charge is 0.293 e. The van der Waals surface area contributed by atoms with E-state index in [0.29, 0.717) is 25.2 Å². The van der Waals surface area contributed by atoms with E-state index in [0.717, 1.165) is 11.3 Å². The number of rotatable bonds is 8. The van der Waals surface area contributed by atoms with Crippen molar-refractivity contribution in [3.05, 3.63) is 88.6 Å². The van der Waals surface area contributed by atoms with Crippen LogP contribution in [0.25, 0.3) is 0 Å². The summed E-state index contributed by atoms with van der Waals surface area (Å²) < 4.78 is 6.66. The van der Waals surface area contributed by atoms with Crippen LogP contribution in [0.2, 0.25) is 0 Å². The van der Waals surface area contributed by atoms with Gasteiger partial charge in [-0.15, -0.1) is 0 Å². The maximum Gasteiger partial charge on any atom is 0.293 e. The average molecular weight is 326 g/mol. The van der Waals surface area contributed by atoms with Gasteiger partial charge in [0.1, 0.15) is 5.76 Å². The molecule has 0 unspecified atom stereocenters. The second-order valence-electron chi connectivity index (χ2n) is 5.28. The molecule has 1 aromatic carbocycles. The molecule has 0 saturated carbocycles. The molecule has 0 radical (unpaired) electrons. The van der Waals surface area contributed by atoms with Crippen LogP contribution in [0.4, 0.5) is 0 Å². The van der Waals surface area contributed by atoms with E-state index in [2.05, 4.69) is 11.9 Å². The summed E-state index contributed by atoms with van der Waals surface area (Å²) >= 11 is 0. The van der Waals surface area contributed by atoms with Crippen molar-refractivity contribution in [2.75, 3.05) is 13.7 Å². The first-order valence-electron chi connectivity index (χ1n) is 7.67. The SMILES string of the molecule is C=CC=C(CNCc1ccn(Cc2ccccc2)c(=O)c1O)OC. The molecule has 0 aliphatic heterocycles. The molecule has 1 aromatic heterocycles. The Morgan fingerprint density at radius 2 is 2.08 bits per heavy atom. The molecule has 2 rings (SSSR count). The highest BCUT2D eigenvalue weighted by Gasteiger charge is 2.09. The van der Waals surface area contributed by atoms with Crippen molar-refractivity contribution in [2.45, 2.75) is 13.1 Å². The minimum Gasteiger partial charge on any atom is -0.503 e. The number of aromatic hydroxyl groups is 1. The summed E-state index contributed by atoms with van der Waals surface area (Å²) in [4.78, 5) is 12.3. The van der Waals surface area contributed by atoms with Gasteiger partial charge in [-0.1, -0.05) is 43.0 Å². The van der Waals surface area contributed by atoms with Gasteiger partial charge >= 0.3 is 0 Å². The summed E-state index contributed by atoms with van der Waals surface area (Å²) in [6, 6.07) is 11.4. The summed E-state index contributed by atoms with van der Waals surface area (Å²) in [7, 11) is 1.58. The Kier molecular flexibility index (Phi) is 6.40. The monoisotopic (exact) mass is 326 g/mol. The third-order valence-electron chi connectivity index (χ3n) is 3.60. The van der Waals surface area contributed by atoms with Crippen LogP contribution in [-0.2, 0) is 17.8 Å². The number of methoxy groups -OCH3 is 1. The van der Waals surface area contributed by atoms with E-state index in [4.69, 9.17) is 4.74 Å². The van der Waals surface area contributed by atoms with Crippen molar-refractivity contribution >= 4 is 0 Å². The van der Waals surface area contributed by atoms with Gasteiger partial charge in [0.25, 0.3) is 5.56 Å². The van der Waals surface area contributed by atoms with Crippen LogP contribution < -0.4 is 10.9 Å². The maximum atomic E-state index is 12.3. The van der Waals surface area contributed by atoms with Crippen LogP contribution in [0.3, 0.4) is 0 Å². The van der Waals surface area contributed by atoms with Gasteiger partial charge < -0.3 is 19.7 Å². The van der Waals surface area contributed by atoms with Gasteiger partial charge in [-0.3, -0.25) is 4.79 Å². The van der Waals surface area contributed by atoms with Gasteiger partial charge in [-0.25, -0.2) is 0 Å². The number of hydrogen-bond acceptors (Lipinski definition) is 4. The highest BCUT2D eigenvalue weighted by Crippen LogP contribution is 2.11. The molecule has 0 fully saturated rings. The van der Waals surface area contributed by atoms with Crippen molar-refractivity contribution in [1.82, 2.24) is 9.88 Å². The molecular formula is C19H22N2O3. The Hall–Kier alpha value is -2.79. The number of nitrogens with zero attached hydrogens (tertiary/aromatic N) is 1. The molecule has 0 atom stereocenters. The van der Waals surface area contributed by atoms with Gasteiger partial charge in [0.2, 0.25) is 0 Å². The normalized spacial score (nSPS) is 11.3. The van der Waals surface area contributed by atoms with Crippen LogP contribution in [0.15, 0.2) is 71.9 Å². The minimum absolute atomic E-state index is 0.229. The lowest BCUT2D eigenvalue weighted by atomic mass is 10.2. The van der Waals surface area contributed by atoms with Crippen LogP contribution in [0.5, 0.6) is 5.75 Å². The van der Waals surface area contributed by atoms with Crippen LogP contribution in [-0.4, -0.2) is 23.3 Å². The molecule has 0 saturated heterocycles. The van der Waals surface area contributed by atoms with E-state index in [1.165, 1.54) is 4.57 Å². The third-order valence-corrected chi connectivity index (χ3v) is 3.60. The zero-order chi connectivity index (χ0) is 17.4. The highest BCUT2D eigenvalue weighted by atomic mass is 16.5. The molecule has 1 heterocycles. The Labute approximate surface area is 141 Å². The molecule has 5 heteroatoms. The average Bonchev–Trinajstić information content (AvgIpc) is 2.61. The van der Waals surface area contributed by atoms with Gasteiger partial charge in [0.15, 0.2) is 5.75 Å². The molecule has 2 aromatic rings. The lowest BCUT2D eigenvalue weighted by Gasteiger charge is -2.11. The molecule has 24 heavy (non-hydrogen) atoms. The molecule has 0 spiro atoms. The fourth-order valence-electron chi connectivity index (χ4n) is 2.30. The van der Waals surface area contributed by atoms with E-state index in [9.17, 15) is 9.90 Å². The van der Waals surface area contributed by atoms with Gasteiger partial charge in [0, 0.05) is 18.3 Å². The first-order chi connectivity index (χ1) is 11.7.